The molecule has 0 aliphatic heterocycles. The summed E-state index contributed by atoms with van der Waals surface area (Å²) in [6.07, 6.45) is 10.8. The fourth-order valence-corrected chi connectivity index (χ4v) is 3.03. The van der Waals surface area contributed by atoms with Crippen LogP contribution >= 0.6 is 0 Å². The zero-order chi connectivity index (χ0) is 13.7. The molecule has 0 aromatic carbocycles. The van der Waals surface area contributed by atoms with Gasteiger partial charge in [0.25, 0.3) is 0 Å². The first-order valence-electron chi connectivity index (χ1n) is 7.88. The fourth-order valence-electron chi connectivity index (χ4n) is 3.03. The zero-order valence-electron chi connectivity index (χ0n) is 12.7. The molecule has 19 heavy (non-hydrogen) atoms. The van der Waals surface area contributed by atoms with Gasteiger partial charge in [-0.05, 0) is 37.6 Å². The SMILES string of the molecule is CC(C)CNCc1cncn1C1CCCC(C)CC1. The minimum atomic E-state index is 0.670. The lowest BCUT2D eigenvalue weighted by atomic mass is 10.0. The largest absolute Gasteiger partial charge is 0.330 e. The molecule has 2 atom stereocenters. The van der Waals surface area contributed by atoms with Crippen LogP contribution in [0.5, 0.6) is 0 Å². The molecule has 0 spiro atoms. The lowest BCUT2D eigenvalue weighted by molar-refractivity contribution is 0.415. The van der Waals surface area contributed by atoms with E-state index in [0.29, 0.717) is 12.0 Å². The van der Waals surface area contributed by atoms with Gasteiger partial charge in [0.1, 0.15) is 0 Å². The molecule has 1 aliphatic carbocycles. The molecule has 3 heteroatoms. The molecule has 108 valence electrons. The van der Waals surface area contributed by atoms with Crippen LogP contribution in [0.4, 0.5) is 0 Å². The molecule has 1 saturated carbocycles. The highest BCUT2D eigenvalue weighted by Gasteiger charge is 2.19. The van der Waals surface area contributed by atoms with Gasteiger partial charge in [0.2, 0.25) is 0 Å². The summed E-state index contributed by atoms with van der Waals surface area (Å²) >= 11 is 0. The van der Waals surface area contributed by atoms with E-state index in [1.807, 2.05) is 12.5 Å². The second kappa shape index (κ2) is 7.09. The van der Waals surface area contributed by atoms with Crippen LogP contribution in [0, 0.1) is 11.8 Å². The molecule has 2 rings (SSSR count). The van der Waals surface area contributed by atoms with Crippen LogP contribution in [-0.4, -0.2) is 16.1 Å². The Labute approximate surface area is 117 Å². The van der Waals surface area contributed by atoms with Crippen LogP contribution in [0.3, 0.4) is 0 Å². The summed E-state index contributed by atoms with van der Waals surface area (Å²) in [6.45, 7) is 8.91. The van der Waals surface area contributed by atoms with Crippen LogP contribution in [0.1, 0.15) is 64.6 Å². The van der Waals surface area contributed by atoms with Gasteiger partial charge in [-0.3, -0.25) is 0 Å². The van der Waals surface area contributed by atoms with Crippen molar-refractivity contribution in [3.05, 3.63) is 18.2 Å². The maximum absolute atomic E-state index is 4.37. The summed E-state index contributed by atoms with van der Waals surface area (Å²) in [5, 5.41) is 3.53. The minimum Gasteiger partial charge on any atom is -0.330 e. The fraction of sp³-hybridized carbons (Fsp3) is 0.812. The molecule has 2 unspecified atom stereocenters. The Morgan fingerprint density at radius 1 is 1.32 bits per heavy atom. The predicted octanol–water partition coefficient (Wildman–Crippen LogP) is 3.77. The molecule has 1 fully saturated rings. The Bertz CT molecular complexity index is 370. The van der Waals surface area contributed by atoms with Gasteiger partial charge in [-0.2, -0.15) is 0 Å². The molecule has 1 N–H and O–H groups in total. The molecule has 1 aromatic rings. The molecular formula is C16H29N3. The standard InChI is InChI=1S/C16H29N3/c1-13(2)9-17-10-16-11-18-12-19(16)15-6-4-5-14(3)7-8-15/h11-15,17H,4-10H2,1-3H3. The van der Waals surface area contributed by atoms with E-state index in [2.05, 4.69) is 35.6 Å². The summed E-state index contributed by atoms with van der Waals surface area (Å²) in [7, 11) is 0. The molecule has 1 aromatic heterocycles. The highest BCUT2D eigenvalue weighted by atomic mass is 15.1. The third kappa shape index (κ3) is 4.34. The minimum absolute atomic E-state index is 0.670. The van der Waals surface area contributed by atoms with E-state index in [4.69, 9.17) is 0 Å². The van der Waals surface area contributed by atoms with Gasteiger partial charge in [-0.25, -0.2) is 4.98 Å². The number of hydrogen-bond acceptors (Lipinski definition) is 2. The Morgan fingerprint density at radius 2 is 2.16 bits per heavy atom. The first-order chi connectivity index (χ1) is 9.16. The van der Waals surface area contributed by atoms with Gasteiger partial charge in [-0.15, -0.1) is 0 Å². The normalized spacial score (nSPS) is 24.6. The third-order valence-corrected chi connectivity index (χ3v) is 4.23. The number of nitrogens with zero attached hydrogens (tertiary/aromatic N) is 2. The number of hydrogen-bond donors (Lipinski definition) is 1. The molecule has 1 heterocycles. The van der Waals surface area contributed by atoms with Crippen LogP contribution in [0.2, 0.25) is 0 Å². The van der Waals surface area contributed by atoms with Crippen molar-refractivity contribution < 1.29 is 0 Å². The third-order valence-electron chi connectivity index (χ3n) is 4.23. The van der Waals surface area contributed by atoms with Crippen molar-refractivity contribution in [1.29, 1.82) is 0 Å². The van der Waals surface area contributed by atoms with Crippen molar-refractivity contribution in [1.82, 2.24) is 14.9 Å². The number of aromatic nitrogens is 2. The van der Waals surface area contributed by atoms with E-state index in [-0.39, 0.29) is 0 Å². The topological polar surface area (TPSA) is 29.9 Å². The Morgan fingerprint density at radius 3 is 2.95 bits per heavy atom. The van der Waals surface area contributed by atoms with Crippen molar-refractivity contribution in [2.24, 2.45) is 11.8 Å². The molecular weight excluding hydrogens is 234 g/mol. The molecule has 0 radical (unpaired) electrons. The van der Waals surface area contributed by atoms with Gasteiger partial charge in [0.05, 0.1) is 12.0 Å². The summed E-state index contributed by atoms with van der Waals surface area (Å²) in [5.41, 5.74) is 1.35. The average molecular weight is 263 g/mol. The van der Waals surface area contributed by atoms with Crippen molar-refractivity contribution in [3.63, 3.8) is 0 Å². The average Bonchev–Trinajstić information content (AvgIpc) is 2.71. The Balaban J connectivity index is 1.94. The molecule has 3 nitrogen and oxygen atoms in total. The van der Waals surface area contributed by atoms with Crippen LogP contribution in [-0.2, 0) is 6.54 Å². The van der Waals surface area contributed by atoms with Gasteiger partial charge >= 0.3 is 0 Å². The van der Waals surface area contributed by atoms with E-state index in [1.54, 1.807) is 0 Å². The zero-order valence-corrected chi connectivity index (χ0v) is 12.7. The summed E-state index contributed by atoms with van der Waals surface area (Å²) in [6, 6.07) is 0.670. The van der Waals surface area contributed by atoms with Crippen molar-refractivity contribution >= 4 is 0 Å². The number of rotatable bonds is 5. The van der Waals surface area contributed by atoms with E-state index in [0.717, 1.165) is 19.0 Å². The first-order valence-corrected chi connectivity index (χ1v) is 7.88. The van der Waals surface area contributed by atoms with Crippen LogP contribution in [0.15, 0.2) is 12.5 Å². The number of nitrogens with one attached hydrogen (secondary N) is 1. The maximum atomic E-state index is 4.37. The van der Waals surface area contributed by atoms with E-state index in [9.17, 15) is 0 Å². The Kier molecular flexibility index (Phi) is 5.44. The van der Waals surface area contributed by atoms with Crippen molar-refractivity contribution in [2.75, 3.05) is 6.54 Å². The second-order valence-electron chi connectivity index (χ2n) is 6.58. The van der Waals surface area contributed by atoms with Crippen LogP contribution < -0.4 is 5.32 Å². The first kappa shape index (κ1) is 14.6. The van der Waals surface area contributed by atoms with Gasteiger partial charge < -0.3 is 9.88 Å². The summed E-state index contributed by atoms with van der Waals surface area (Å²) < 4.78 is 2.42. The number of imidazole rings is 1. The van der Waals surface area contributed by atoms with E-state index in [1.165, 1.54) is 37.8 Å². The van der Waals surface area contributed by atoms with Crippen molar-refractivity contribution in [3.8, 4) is 0 Å². The predicted molar refractivity (Wildman–Crippen MR) is 80.1 cm³/mol. The van der Waals surface area contributed by atoms with Gasteiger partial charge in [0, 0.05) is 18.8 Å². The quantitative estimate of drug-likeness (QED) is 0.820. The smallest absolute Gasteiger partial charge is 0.0951 e. The lowest BCUT2D eigenvalue weighted by Crippen LogP contribution is -2.22. The highest BCUT2D eigenvalue weighted by molar-refractivity contribution is 5.00. The lowest BCUT2D eigenvalue weighted by Gasteiger charge is -2.19. The summed E-state index contributed by atoms with van der Waals surface area (Å²) in [4.78, 5) is 4.37. The monoisotopic (exact) mass is 263 g/mol. The molecule has 1 aliphatic rings. The highest BCUT2D eigenvalue weighted by Crippen LogP contribution is 2.30. The molecule has 0 bridgehead atoms. The van der Waals surface area contributed by atoms with E-state index < -0.39 is 0 Å². The Hall–Kier alpha value is -0.830. The maximum Gasteiger partial charge on any atom is 0.0951 e. The molecule has 0 amide bonds. The second-order valence-corrected chi connectivity index (χ2v) is 6.58. The van der Waals surface area contributed by atoms with Gasteiger partial charge in [0.15, 0.2) is 0 Å². The van der Waals surface area contributed by atoms with Crippen LogP contribution in [0.25, 0.3) is 0 Å². The van der Waals surface area contributed by atoms with Crippen molar-refractivity contribution in [2.45, 2.75) is 65.5 Å². The summed E-state index contributed by atoms with van der Waals surface area (Å²) in [5.74, 6) is 1.60. The van der Waals surface area contributed by atoms with Gasteiger partial charge in [-0.1, -0.05) is 33.6 Å². The van der Waals surface area contributed by atoms with E-state index >= 15 is 0 Å². The molecule has 0 saturated heterocycles.